The van der Waals surface area contributed by atoms with Crippen LogP contribution in [0.5, 0.6) is 0 Å². The first kappa shape index (κ1) is 14.5. The smallest absolute Gasteiger partial charge is 0.222 e. The van der Waals surface area contributed by atoms with Crippen LogP contribution in [0, 0.1) is 5.92 Å². The molecule has 0 rings (SSSR count). The van der Waals surface area contributed by atoms with Crippen LogP contribution in [0.15, 0.2) is 0 Å². The molecular formula is C13H27NO. The summed E-state index contributed by atoms with van der Waals surface area (Å²) in [7, 11) is 0. The van der Waals surface area contributed by atoms with E-state index in [2.05, 4.69) is 27.7 Å². The predicted octanol–water partition coefficient (Wildman–Crippen LogP) is 3.46. The van der Waals surface area contributed by atoms with Gasteiger partial charge in [0, 0.05) is 19.0 Å². The van der Waals surface area contributed by atoms with E-state index in [1.807, 2.05) is 11.8 Å². The van der Waals surface area contributed by atoms with Crippen LogP contribution in [0.2, 0.25) is 0 Å². The van der Waals surface area contributed by atoms with Crippen molar-refractivity contribution in [2.24, 2.45) is 5.92 Å². The lowest BCUT2D eigenvalue weighted by molar-refractivity contribution is -0.132. The molecule has 15 heavy (non-hydrogen) atoms. The molecule has 0 aliphatic heterocycles. The third-order valence-electron chi connectivity index (χ3n) is 3.07. The van der Waals surface area contributed by atoms with Crippen LogP contribution >= 0.6 is 0 Å². The summed E-state index contributed by atoms with van der Waals surface area (Å²) < 4.78 is 0. The first-order valence-electron chi connectivity index (χ1n) is 6.32. The van der Waals surface area contributed by atoms with Gasteiger partial charge in [-0.25, -0.2) is 0 Å². The molecule has 0 N–H and O–H groups in total. The van der Waals surface area contributed by atoms with E-state index in [4.69, 9.17) is 0 Å². The maximum atomic E-state index is 11.8. The Morgan fingerprint density at radius 2 is 1.80 bits per heavy atom. The van der Waals surface area contributed by atoms with E-state index in [1.54, 1.807) is 0 Å². The van der Waals surface area contributed by atoms with Crippen LogP contribution in [0.25, 0.3) is 0 Å². The van der Waals surface area contributed by atoms with E-state index in [-0.39, 0.29) is 0 Å². The lowest BCUT2D eigenvalue weighted by Gasteiger charge is -2.25. The van der Waals surface area contributed by atoms with Crippen molar-refractivity contribution in [1.82, 2.24) is 4.90 Å². The Morgan fingerprint density at radius 1 is 1.20 bits per heavy atom. The zero-order chi connectivity index (χ0) is 11.8. The number of rotatable bonds is 7. The average Bonchev–Trinajstić information content (AvgIpc) is 2.17. The highest BCUT2D eigenvalue weighted by Gasteiger charge is 2.14. The van der Waals surface area contributed by atoms with Crippen LogP contribution < -0.4 is 0 Å². The van der Waals surface area contributed by atoms with Crippen molar-refractivity contribution in [3.63, 3.8) is 0 Å². The number of hydrogen-bond acceptors (Lipinski definition) is 1. The monoisotopic (exact) mass is 213 g/mol. The third-order valence-corrected chi connectivity index (χ3v) is 3.07. The van der Waals surface area contributed by atoms with Gasteiger partial charge in [0.2, 0.25) is 5.91 Å². The van der Waals surface area contributed by atoms with Gasteiger partial charge in [0.1, 0.15) is 0 Å². The predicted molar refractivity (Wildman–Crippen MR) is 65.8 cm³/mol. The molecule has 0 heterocycles. The third kappa shape index (κ3) is 5.81. The molecule has 90 valence electrons. The minimum atomic E-state index is 0.316. The topological polar surface area (TPSA) is 20.3 Å². The molecule has 2 nitrogen and oxygen atoms in total. The molecule has 0 aromatic rings. The van der Waals surface area contributed by atoms with Gasteiger partial charge in [0.05, 0.1) is 0 Å². The average molecular weight is 213 g/mol. The van der Waals surface area contributed by atoms with Gasteiger partial charge in [-0.05, 0) is 33.1 Å². The Bertz CT molecular complexity index is 177. The lowest BCUT2D eigenvalue weighted by Crippen LogP contribution is -2.36. The standard InChI is InChI=1S/C13H27NO/c1-6-12(5)9-8-10-13(15)14(7-2)11(3)4/h11-12H,6-10H2,1-5H3. The molecule has 0 saturated heterocycles. The van der Waals surface area contributed by atoms with Crippen molar-refractivity contribution in [3.05, 3.63) is 0 Å². The first-order valence-corrected chi connectivity index (χ1v) is 6.32. The highest BCUT2D eigenvalue weighted by atomic mass is 16.2. The molecule has 1 atom stereocenters. The highest BCUT2D eigenvalue weighted by molar-refractivity contribution is 5.76. The molecule has 0 aromatic carbocycles. The maximum Gasteiger partial charge on any atom is 0.222 e. The quantitative estimate of drug-likeness (QED) is 0.634. The van der Waals surface area contributed by atoms with Gasteiger partial charge in [-0.2, -0.15) is 0 Å². The Balaban J connectivity index is 3.81. The molecule has 0 aliphatic carbocycles. The summed E-state index contributed by atoms with van der Waals surface area (Å²) in [6, 6.07) is 0.339. The zero-order valence-corrected chi connectivity index (χ0v) is 11.0. The normalized spacial score (nSPS) is 12.9. The van der Waals surface area contributed by atoms with Crippen molar-refractivity contribution < 1.29 is 4.79 Å². The summed E-state index contributed by atoms with van der Waals surface area (Å²) >= 11 is 0. The first-order chi connectivity index (χ1) is 7.02. The summed E-state index contributed by atoms with van der Waals surface area (Å²) in [5.41, 5.74) is 0. The van der Waals surface area contributed by atoms with Crippen LogP contribution in [-0.2, 0) is 4.79 Å². The molecule has 0 aliphatic rings. The number of carbonyl (C=O) groups excluding carboxylic acids is 1. The van der Waals surface area contributed by atoms with Gasteiger partial charge in [-0.1, -0.05) is 26.7 Å². The van der Waals surface area contributed by atoms with E-state index >= 15 is 0 Å². The van der Waals surface area contributed by atoms with Crippen LogP contribution in [0.4, 0.5) is 0 Å². The van der Waals surface area contributed by atoms with E-state index in [1.165, 1.54) is 12.8 Å². The van der Waals surface area contributed by atoms with Crippen LogP contribution in [-0.4, -0.2) is 23.4 Å². The van der Waals surface area contributed by atoms with Gasteiger partial charge in [0.15, 0.2) is 0 Å². The number of carbonyl (C=O) groups is 1. The van der Waals surface area contributed by atoms with Gasteiger partial charge in [0.25, 0.3) is 0 Å². The second kappa shape index (κ2) is 7.72. The lowest BCUT2D eigenvalue weighted by atomic mass is 10.0. The molecule has 0 saturated carbocycles. The minimum absolute atomic E-state index is 0.316. The van der Waals surface area contributed by atoms with Crippen molar-refractivity contribution in [2.75, 3.05) is 6.54 Å². The number of amides is 1. The van der Waals surface area contributed by atoms with Gasteiger partial charge in [-0.3, -0.25) is 4.79 Å². The van der Waals surface area contributed by atoms with Gasteiger partial charge >= 0.3 is 0 Å². The van der Waals surface area contributed by atoms with Crippen molar-refractivity contribution in [1.29, 1.82) is 0 Å². The Labute approximate surface area is 95.0 Å². The molecule has 0 bridgehead atoms. The Kier molecular flexibility index (Phi) is 7.45. The molecule has 1 unspecified atom stereocenters. The largest absolute Gasteiger partial charge is 0.341 e. The molecular weight excluding hydrogens is 186 g/mol. The highest BCUT2D eigenvalue weighted by Crippen LogP contribution is 2.12. The molecule has 0 spiro atoms. The molecule has 0 radical (unpaired) electrons. The summed E-state index contributed by atoms with van der Waals surface area (Å²) in [5, 5.41) is 0. The van der Waals surface area contributed by atoms with E-state index in [0.717, 1.165) is 25.3 Å². The SMILES string of the molecule is CCC(C)CCCC(=O)N(CC)C(C)C. The zero-order valence-electron chi connectivity index (χ0n) is 11.0. The summed E-state index contributed by atoms with van der Waals surface area (Å²) in [4.78, 5) is 13.8. The molecule has 0 fully saturated rings. The second-order valence-corrected chi connectivity index (χ2v) is 4.68. The van der Waals surface area contributed by atoms with Crippen molar-refractivity contribution in [2.45, 2.75) is 66.3 Å². The number of nitrogens with zero attached hydrogens (tertiary/aromatic N) is 1. The fraction of sp³-hybridized carbons (Fsp3) is 0.923. The van der Waals surface area contributed by atoms with Crippen LogP contribution in [0.1, 0.15) is 60.3 Å². The van der Waals surface area contributed by atoms with E-state index < -0.39 is 0 Å². The van der Waals surface area contributed by atoms with Crippen molar-refractivity contribution >= 4 is 5.91 Å². The molecule has 2 heteroatoms. The molecule has 0 aromatic heterocycles. The van der Waals surface area contributed by atoms with Gasteiger partial charge < -0.3 is 4.90 Å². The van der Waals surface area contributed by atoms with Crippen LogP contribution in [0.3, 0.4) is 0 Å². The summed E-state index contributed by atoms with van der Waals surface area (Å²) in [6.07, 6.45) is 4.15. The molecule has 1 amide bonds. The fourth-order valence-electron chi connectivity index (χ4n) is 1.78. The Morgan fingerprint density at radius 3 is 2.20 bits per heavy atom. The fourth-order valence-corrected chi connectivity index (χ4v) is 1.78. The van der Waals surface area contributed by atoms with Crippen molar-refractivity contribution in [3.8, 4) is 0 Å². The maximum absolute atomic E-state index is 11.8. The summed E-state index contributed by atoms with van der Waals surface area (Å²) in [5.74, 6) is 1.07. The Hall–Kier alpha value is -0.530. The van der Waals surface area contributed by atoms with Gasteiger partial charge in [-0.15, -0.1) is 0 Å². The second-order valence-electron chi connectivity index (χ2n) is 4.68. The minimum Gasteiger partial charge on any atom is -0.341 e. The number of hydrogen-bond donors (Lipinski definition) is 0. The van der Waals surface area contributed by atoms with E-state index in [9.17, 15) is 4.79 Å². The van der Waals surface area contributed by atoms with E-state index in [0.29, 0.717) is 11.9 Å². The summed E-state index contributed by atoms with van der Waals surface area (Å²) in [6.45, 7) is 11.5.